The Kier molecular flexibility index (Phi) is 13.9. The molecule has 266 valence electrons. The lowest BCUT2D eigenvalue weighted by atomic mass is 9.90. The summed E-state index contributed by atoms with van der Waals surface area (Å²) < 4.78 is 6.65. The van der Waals surface area contributed by atoms with Gasteiger partial charge in [-0.25, -0.2) is 4.79 Å². The first-order valence-electron chi connectivity index (χ1n) is 19.6. The number of aryl methyl sites for hydroxylation is 2. The van der Waals surface area contributed by atoms with Crippen molar-refractivity contribution in [3.63, 3.8) is 0 Å². The van der Waals surface area contributed by atoms with E-state index in [9.17, 15) is 4.79 Å². The molecule has 1 aliphatic heterocycles. The molecule has 0 saturated heterocycles. The van der Waals surface area contributed by atoms with Crippen molar-refractivity contribution in [2.24, 2.45) is 0 Å². The largest absolute Gasteiger partial charge is 0.426 e. The smallest absolute Gasteiger partial charge is 0.342 e. The maximum Gasteiger partial charge on any atom is 0.342 e. The lowest BCUT2D eigenvalue weighted by Crippen LogP contribution is -2.45. The highest BCUT2D eigenvalue weighted by atomic mass is 16.6. The van der Waals surface area contributed by atoms with E-state index in [1.807, 2.05) is 6.07 Å². The number of hydrogen-bond acceptors (Lipinski definition) is 5. The molecule has 0 fully saturated rings. The third-order valence-corrected chi connectivity index (χ3v) is 10.4. The first kappa shape index (κ1) is 37.1. The Morgan fingerprint density at radius 2 is 1.06 bits per heavy atom. The highest BCUT2D eigenvalue weighted by Crippen LogP contribution is 2.50. The summed E-state index contributed by atoms with van der Waals surface area (Å²) >= 11 is 0. The van der Waals surface area contributed by atoms with Crippen molar-refractivity contribution in [1.82, 2.24) is 4.98 Å². The number of pyridine rings is 1. The van der Waals surface area contributed by atoms with Gasteiger partial charge in [0.05, 0.1) is 5.56 Å². The number of cyclic esters (lactones) is 1. The molecule has 1 atom stereocenters. The molecule has 0 aliphatic carbocycles. The number of rotatable bonds is 21. The number of fused-ring (bicyclic) bond motifs is 1. The number of ether oxygens (including phenoxy) is 1. The lowest BCUT2D eigenvalue weighted by molar-refractivity contribution is 0.0134. The molecule has 0 amide bonds. The first-order chi connectivity index (χ1) is 24.5. The van der Waals surface area contributed by atoms with Crippen LogP contribution in [0.2, 0.25) is 0 Å². The van der Waals surface area contributed by atoms with Crippen molar-refractivity contribution in [1.29, 1.82) is 0 Å². The minimum absolute atomic E-state index is 0.356. The number of carbonyl (C=O) groups is 1. The Morgan fingerprint density at radius 1 is 0.580 bits per heavy atom. The molecule has 5 heteroatoms. The van der Waals surface area contributed by atoms with Crippen LogP contribution in [0.1, 0.15) is 137 Å². The number of nitrogens with zero attached hydrogens (tertiary/aromatic N) is 3. The second-order valence-corrected chi connectivity index (χ2v) is 13.9. The highest BCUT2D eigenvalue weighted by molar-refractivity contribution is 5.96. The lowest BCUT2D eigenvalue weighted by Gasteiger charge is -2.42. The van der Waals surface area contributed by atoms with Crippen LogP contribution in [0, 0.1) is 0 Å². The van der Waals surface area contributed by atoms with Gasteiger partial charge < -0.3 is 9.64 Å². The topological polar surface area (TPSA) is 45.7 Å². The van der Waals surface area contributed by atoms with Crippen LogP contribution in [0.3, 0.4) is 0 Å². The van der Waals surface area contributed by atoms with Crippen molar-refractivity contribution in [2.75, 3.05) is 22.9 Å². The van der Waals surface area contributed by atoms with E-state index in [1.54, 1.807) is 12.4 Å². The van der Waals surface area contributed by atoms with Crippen LogP contribution in [0.4, 0.5) is 17.1 Å². The fourth-order valence-corrected chi connectivity index (χ4v) is 7.45. The van der Waals surface area contributed by atoms with E-state index in [2.05, 4.69) is 115 Å². The average Bonchev–Trinajstić information content (AvgIpc) is 3.45. The second kappa shape index (κ2) is 18.8. The third-order valence-electron chi connectivity index (χ3n) is 10.4. The average molecular weight is 674 g/mol. The van der Waals surface area contributed by atoms with Gasteiger partial charge >= 0.3 is 5.97 Å². The molecule has 1 unspecified atom stereocenters. The molecule has 1 aliphatic rings. The molecule has 2 heterocycles. The maximum absolute atomic E-state index is 13.7. The molecule has 0 saturated carbocycles. The fraction of sp³-hybridized carbons (Fsp3) is 0.467. The van der Waals surface area contributed by atoms with Gasteiger partial charge in [0, 0.05) is 53.7 Å². The number of carbonyl (C=O) groups excluding carboxylic acids is 1. The van der Waals surface area contributed by atoms with E-state index in [4.69, 9.17) is 4.74 Å². The zero-order chi connectivity index (χ0) is 35.2. The molecule has 5 nitrogen and oxygen atoms in total. The number of esters is 1. The Bertz CT molecular complexity index is 1540. The summed E-state index contributed by atoms with van der Waals surface area (Å²) in [5, 5.41) is 0. The summed E-state index contributed by atoms with van der Waals surface area (Å²) in [5.74, 6) is -0.356. The van der Waals surface area contributed by atoms with Crippen LogP contribution in [0.15, 0.2) is 91.3 Å². The highest BCUT2D eigenvalue weighted by Gasteiger charge is 2.52. The maximum atomic E-state index is 13.7. The number of hydrogen-bond donors (Lipinski definition) is 0. The molecule has 4 aromatic rings. The van der Waals surface area contributed by atoms with E-state index >= 15 is 0 Å². The second-order valence-electron chi connectivity index (χ2n) is 13.9. The third kappa shape index (κ3) is 8.78. The predicted molar refractivity (Wildman–Crippen MR) is 210 cm³/mol. The summed E-state index contributed by atoms with van der Waals surface area (Å²) in [4.78, 5) is 22.6. The summed E-state index contributed by atoms with van der Waals surface area (Å²) in [6.07, 6.45) is 21.0. The van der Waals surface area contributed by atoms with Crippen LogP contribution >= 0.6 is 0 Å². The van der Waals surface area contributed by atoms with Crippen molar-refractivity contribution in [2.45, 2.75) is 123 Å². The molecular weight excluding hydrogens is 615 g/mol. The van der Waals surface area contributed by atoms with Crippen LogP contribution in [-0.4, -0.2) is 24.0 Å². The zero-order valence-electron chi connectivity index (χ0n) is 31.1. The molecule has 0 bridgehead atoms. The van der Waals surface area contributed by atoms with Gasteiger partial charge in [0.1, 0.15) is 0 Å². The van der Waals surface area contributed by atoms with Gasteiger partial charge in [-0.2, -0.15) is 0 Å². The number of unbranched alkanes of at least 4 members (excludes halogenated alkanes) is 10. The van der Waals surface area contributed by atoms with Crippen molar-refractivity contribution in [3.05, 3.63) is 119 Å². The van der Waals surface area contributed by atoms with Crippen molar-refractivity contribution < 1.29 is 9.53 Å². The number of benzene rings is 3. The zero-order valence-corrected chi connectivity index (χ0v) is 31.1. The van der Waals surface area contributed by atoms with Gasteiger partial charge in [0.2, 0.25) is 5.72 Å². The SMILES string of the molecule is CCCCCCCCc1ccc(N(c2ccc(CCCCCCCC)cc2)C2(c3ccc(N(CC)CC)cc3)OC(=O)c3cnccc32)cc1. The molecule has 50 heavy (non-hydrogen) atoms. The van der Waals surface area contributed by atoms with E-state index in [0.29, 0.717) is 5.56 Å². The monoisotopic (exact) mass is 673 g/mol. The molecule has 5 rings (SSSR count). The minimum Gasteiger partial charge on any atom is -0.426 e. The standard InChI is InChI=1S/C45H59N3O2/c1-5-9-11-13-15-17-19-36-21-27-40(28-22-36)48(41-29-23-37(24-30-41)20-18-16-14-12-10-6-2)45(43-33-34-46-35-42(43)44(49)50-45)38-25-31-39(32-26-38)47(7-3)8-4/h21-35H,5-20H2,1-4H3. The Morgan fingerprint density at radius 3 is 1.56 bits per heavy atom. The van der Waals surface area contributed by atoms with Crippen LogP contribution < -0.4 is 9.80 Å². The quantitative estimate of drug-likeness (QED) is 0.0651. The van der Waals surface area contributed by atoms with Gasteiger partial charge in [0.25, 0.3) is 0 Å². The predicted octanol–water partition coefficient (Wildman–Crippen LogP) is 11.9. The van der Waals surface area contributed by atoms with Crippen LogP contribution in [0.25, 0.3) is 0 Å². The van der Waals surface area contributed by atoms with E-state index in [0.717, 1.165) is 54.1 Å². The molecule has 0 N–H and O–H groups in total. The summed E-state index contributed by atoms with van der Waals surface area (Å²) in [6, 6.07) is 28.3. The number of aromatic nitrogens is 1. The minimum atomic E-state index is -1.21. The molecule has 3 aromatic carbocycles. The molecule has 0 radical (unpaired) electrons. The molecule has 0 spiro atoms. The van der Waals surface area contributed by atoms with Crippen LogP contribution in [-0.2, 0) is 23.3 Å². The van der Waals surface area contributed by atoms with E-state index < -0.39 is 5.72 Å². The van der Waals surface area contributed by atoms with Gasteiger partial charge in [-0.1, -0.05) is 114 Å². The Balaban J connectivity index is 1.53. The van der Waals surface area contributed by atoms with Crippen molar-refractivity contribution >= 4 is 23.0 Å². The van der Waals surface area contributed by atoms with Gasteiger partial charge in [0.15, 0.2) is 0 Å². The van der Waals surface area contributed by atoms with Gasteiger partial charge in [-0.3, -0.25) is 9.88 Å². The summed E-state index contributed by atoms with van der Waals surface area (Å²) in [5.41, 5.74) is 6.78. The van der Waals surface area contributed by atoms with E-state index in [1.165, 1.54) is 88.2 Å². The summed E-state index contributed by atoms with van der Waals surface area (Å²) in [7, 11) is 0. The Labute approximate surface area is 302 Å². The molecular formula is C45H59N3O2. The normalized spacial score (nSPS) is 15.2. The van der Waals surface area contributed by atoms with E-state index in [-0.39, 0.29) is 5.97 Å². The van der Waals surface area contributed by atoms with Gasteiger partial charge in [-0.15, -0.1) is 0 Å². The fourth-order valence-electron chi connectivity index (χ4n) is 7.45. The van der Waals surface area contributed by atoms with Crippen molar-refractivity contribution in [3.8, 4) is 0 Å². The Hall–Kier alpha value is -4.12. The first-order valence-corrected chi connectivity index (χ1v) is 19.6. The molecule has 1 aromatic heterocycles. The summed E-state index contributed by atoms with van der Waals surface area (Å²) in [6.45, 7) is 10.7. The van der Waals surface area contributed by atoms with Crippen LogP contribution in [0.5, 0.6) is 0 Å². The van der Waals surface area contributed by atoms with Gasteiger partial charge in [-0.05, 0) is 93.1 Å². The number of anilines is 3.